The van der Waals surface area contributed by atoms with E-state index < -0.39 is 0 Å². The largest absolute Gasteiger partial charge is 0.467 e. The lowest BCUT2D eigenvalue weighted by Gasteiger charge is -2.20. The molecule has 0 saturated heterocycles. The lowest BCUT2D eigenvalue weighted by molar-refractivity contribution is -0.132. The second kappa shape index (κ2) is 10.3. The number of carbonyl (C=O) groups excluding carboxylic acids is 2. The van der Waals surface area contributed by atoms with Gasteiger partial charge in [0.15, 0.2) is 0 Å². The first-order valence-electron chi connectivity index (χ1n) is 8.31. The fraction of sp³-hybridized carbons (Fsp3) is 0.316. The second-order valence-corrected chi connectivity index (χ2v) is 6.11. The van der Waals surface area contributed by atoms with Gasteiger partial charge in [-0.1, -0.05) is 11.6 Å². The van der Waals surface area contributed by atoms with Crippen LogP contribution in [0.15, 0.2) is 47.1 Å². The van der Waals surface area contributed by atoms with Gasteiger partial charge < -0.3 is 14.6 Å². The van der Waals surface area contributed by atoms with Gasteiger partial charge in [0, 0.05) is 30.1 Å². The molecule has 0 radical (unpaired) electrons. The predicted octanol–water partition coefficient (Wildman–Crippen LogP) is 3.39. The van der Waals surface area contributed by atoms with Crippen molar-refractivity contribution in [1.29, 1.82) is 5.26 Å². The van der Waals surface area contributed by atoms with E-state index >= 15 is 0 Å². The minimum atomic E-state index is -0.203. The molecule has 0 fully saturated rings. The third-order valence-electron chi connectivity index (χ3n) is 3.73. The Kier molecular flexibility index (Phi) is 7.72. The van der Waals surface area contributed by atoms with Crippen LogP contribution >= 0.6 is 11.6 Å². The van der Waals surface area contributed by atoms with E-state index in [0.29, 0.717) is 42.4 Å². The van der Waals surface area contributed by atoms with Crippen molar-refractivity contribution < 1.29 is 14.0 Å². The van der Waals surface area contributed by atoms with Gasteiger partial charge in [0.2, 0.25) is 5.91 Å². The van der Waals surface area contributed by atoms with Gasteiger partial charge in [0.25, 0.3) is 5.91 Å². The number of nitrogens with zero attached hydrogens (tertiary/aromatic N) is 2. The molecular weight excluding hydrogens is 354 g/mol. The molecule has 1 aromatic carbocycles. The van der Waals surface area contributed by atoms with Gasteiger partial charge in [-0.05, 0) is 42.8 Å². The van der Waals surface area contributed by atoms with Crippen LogP contribution < -0.4 is 5.32 Å². The van der Waals surface area contributed by atoms with Crippen molar-refractivity contribution in [3.8, 4) is 6.07 Å². The zero-order valence-corrected chi connectivity index (χ0v) is 15.0. The van der Waals surface area contributed by atoms with Crippen LogP contribution in [0.2, 0.25) is 5.02 Å². The lowest BCUT2D eigenvalue weighted by atomic mass is 10.2. The zero-order valence-electron chi connectivity index (χ0n) is 14.3. The molecule has 1 heterocycles. The Hall–Kier alpha value is -2.78. The van der Waals surface area contributed by atoms with Crippen molar-refractivity contribution in [2.45, 2.75) is 25.8 Å². The average molecular weight is 374 g/mol. The van der Waals surface area contributed by atoms with Crippen LogP contribution in [0, 0.1) is 11.3 Å². The standard InChI is InChI=1S/C19H20ClN3O3/c20-16-8-6-15(7-9-16)19(25)22-11-1-5-18(24)23(12-3-10-21)14-17-4-2-13-26-17/h2,4,6-9,13H,1,3,5,11-12,14H2,(H,22,25). The van der Waals surface area contributed by atoms with Gasteiger partial charge in [0.1, 0.15) is 5.76 Å². The SMILES string of the molecule is N#CCCN(Cc1ccco1)C(=O)CCCNC(=O)c1ccc(Cl)cc1. The van der Waals surface area contributed by atoms with E-state index in [-0.39, 0.29) is 24.7 Å². The molecule has 0 atom stereocenters. The van der Waals surface area contributed by atoms with Crippen LogP contribution in [-0.4, -0.2) is 29.8 Å². The van der Waals surface area contributed by atoms with E-state index in [0.717, 1.165) is 0 Å². The van der Waals surface area contributed by atoms with Crippen molar-refractivity contribution in [3.63, 3.8) is 0 Å². The number of nitriles is 1. The lowest BCUT2D eigenvalue weighted by Crippen LogP contribution is -2.32. The maximum Gasteiger partial charge on any atom is 0.251 e. The number of carbonyl (C=O) groups is 2. The van der Waals surface area contributed by atoms with E-state index in [1.54, 1.807) is 47.6 Å². The molecule has 0 unspecified atom stereocenters. The highest BCUT2D eigenvalue weighted by molar-refractivity contribution is 6.30. The minimum absolute atomic E-state index is 0.0719. The minimum Gasteiger partial charge on any atom is -0.467 e. The van der Waals surface area contributed by atoms with Gasteiger partial charge in [0.05, 0.1) is 25.3 Å². The molecule has 136 valence electrons. The molecule has 0 bridgehead atoms. The molecule has 26 heavy (non-hydrogen) atoms. The Morgan fingerprint density at radius 2 is 2.00 bits per heavy atom. The molecule has 0 aliphatic carbocycles. The molecule has 1 N–H and O–H groups in total. The molecule has 6 nitrogen and oxygen atoms in total. The number of benzene rings is 1. The molecule has 2 amide bonds. The molecule has 2 aromatic rings. The summed E-state index contributed by atoms with van der Waals surface area (Å²) in [5.74, 6) is 0.399. The Balaban J connectivity index is 1.76. The van der Waals surface area contributed by atoms with Crippen molar-refractivity contribution >= 4 is 23.4 Å². The van der Waals surface area contributed by atoms with Gasteiger partial charge in [-0.3, -0.25) is 9.59 Å². The summed E-state index contributed by atoms with van der Waals surface area (Å²) in [7, 11) is 0. The summed E-state index contributed by atoms with van der Waals surface area (Å²) in [5.41, 5.74) is 0.522. The summed E-state index contributed by atoms with van der Waals surface area (Å²) in [6.45, 7) is 1.08. The zero-order chi connectivity index (χ0) is 18.8. The topological polar surface area (TPSA) is 86.3 Å². The first kappa shape index (κ1) is 19.5. The maximum absolute atomic E-state index is 12.4. The molecule has 0 saturated carbocycles. The molecule has 0 aliphatic rings. The Morgan fingerprint density at radius 3 is 2.65 bits per heavy atom. The van der Waals surface area contributed by atoms with E-state index in [4.69, 9.17) is 21.3 Å². The van der Waals surface area contributed by atoms with Gasteiger partial charge >= 0.3 is 0 Å². The molecule has 0 spiro atoms. The van der Waals surface area contributed by atoms with E-state index in [1.165, 1.54) is 0 Å². The average Bonchev–Trinajstić information content (AvgIpc) is 3.15. The van der Waals surface area contributed by atoms with Crippen molar-refractivity contribution in [2.24, 2.45) is 0 Å². The first-order valence-corrected chi connectivity index (χ1v) is 8.69. The number of hydrogen-bond donors (Lipinski definition) is 1. The number of rotatable bonds is 9. The van der Waals surface area contributed by atoms with Crippen molar-refractivity contribution in [2.75, 3.05) is 13.1 Å². The summed E-state index contributed by atoms with van der Waals surface area (Å²) in [5, 5.41) is 12.1. The van der Waals surface area contributed by atoms with Gasteiger partial charge in [-0.2, -0.15) is 5.26 Å². The fourth-order valence-electron chi connectivity index (χ4n) is 2.37. The second-order valence-electron chi connectivity index (χ2n) is 5.67. The normalized spacial score (nSPS) is 10.2. The summed E-state index contributed by atoms with van der Waals surface area (Å²) >= 11 is 5.79. The fourth-order valence-corrected chi connectivity index (χ4v) is 2.50. The quantitative estimate of drug-likeness (QED) is 0.682. The smallest absolute Gasteiger partial charge is 0.251 e. The number of halogens is 1. The third kappa shape index (κ3) is 6.26. The maximum atomic E-state index is 12.4. The summed E-state index contributed by atoms with van der Waals surface area (Å²) in [6, 6.07) is 12.2. The number of furan rings is 1. The highest BCUT2D eigenvalue weighted by Gasteiger charge is 2.15. The van der Waals surface area contributed by atoms with E-state index in [9.17, 15) is 9.59 Å². The van der Waals surface area contributed by atoms with Crippen LogP contribution in [0.25, 0.3) is 0 Å². The highest BCUT2D eigenvalue weighted by atomic mass is 35.5. The van der Waals surface area contributed by atoms with Gasteiger partial charge in [-0.25, -0.2) is 0 Å². The van der Waals surface area contributed by atoms with Crippen molar-refractivity contribution in [1.82, 2.24) is 10.2 Å². The van der Waals surface area contributed by atoms with Gasteiger partial charge in [-0.15, -0.1) is 0 Å². The number of hydrogen-bond acceptors (Lipinski definition) is 4. The molecule has 2 rings (SSSR count). The molecule has 7 heteroatoms. The Morgan fingerprint density at radius 1 is 1.23 bits per heavy atom. The van der Waals surface area contributed by atoms with Crippen molar-refractivity contribution in [3.05, 3.63) is 59.0 Å². The summed E-state index contributed by atoms with van der Waals surface area (Å²) in [4.78, 5) is 26.0. The Bertz CT molecular complexity index is 751. The van der Waals surface area contributed by atoms with Crippen LogP contribution in [0.4, 0.5) is 0 Å². The monoisotopic (exact) mass is 373 g/mol. The Labute approximate surface area is 157 Å². The first-order chi connectivity index (χ1) is 12.6. The predicted molar refractivity (Wildman–Crippen MR) is 97.4 cm³/mol. The highest BCUT2D eigenvalue weighted by Crippen LogP contribution is 2.10. The molecule has 1 aromatic heterocycles. The third-order valence-corrected chi connectivity index (χ3v) is 3.98. The van der Waals surface area contributed by atoms with Crippen LogP contribution in [0.5, 0.6) is 0 Å². The number of amides is 2. The molecular formula is C19H20ClN3O3. The summed E-state index contributed by atoms with van der Waals surface area (Å²) < 4.78 is 5.27. The van der Waals surface area contributed by atoms with E-state index in [1.807, 2.05) is 6.07 Å². The van der Waals surface area contributed by atoms with Crippen LogP contribution in [-0.2, 0) is 11.3 Å². The number of nitrogens with one attached hydrogen (secondary N) is 1. The van der Waals surface area contributed by atoms with Crippen LogP contribution in [0.1, 0.15) is 35.4 Å². The van der Waals surface area contributed by atoms with E-state index in [2.05, 4.69) is 5.32 Å². The van der Waals surface area contributed by atoms with Crippen LogP contribution in [0.3, 0.4) is 0 Å². The molecule has 0 aliphatic heterocycles. The summed E-state index contributed by atoms with van der Waals surface area (Å²) in [6.07, 6.45) is 2.61.